The molecule has 0 amide bonds. The lowest BCUT2D eigenvalue weighted by Crippen LogP contribution is -2.46. The third-order valence-electron chi connectivity index (χ3n) is 8.49. The minimum absolute atomic E-state index is 0.386. The van der Waals surface area contributed by atoms with Crippen molar-refractivity contribution in [2.24, 2.45) is 0 Å². The molecule has 11 heteroatoms. The maximum Gasteiger partial charge on any atom is 0.230 e. The van der Waals surface area contributed by atoms with Crippen LogP contribution in [0.4, 0.5) is 17.5 Å². The summed E-state index contributed by atoms with van der Waals surface area (Å²) < 4.78 is 18.9. The van der Waals surface area contributed by atoms with Crippen molar-refractivity contribution in [2.45, 2.75) is 69.7 Å². The van der Waals surface area contributed by atoms with E-state index < -0.39 is 0 Å². The van der Waals surface area contributed by atoms with Gasteiger partial charge in [-0.05, 0) is 50.5 Å². The zero-order valence-electron chi connectivity index (χ0n) is 21.9. The van der Waals surface area contributed by atoms with Gasteiger partial charge in [-0.1, -0.05) is 0 Å². The zero-order chi connectivity index (χ0) is 25.3. The van der Waals surface area contributed by atoms with Crippen molar-refractivity contribution in [3.05, 3.63) is 22.8 Å². The van der Waals surface area contributed by atoms with E-state index in [-0.39, 0.29) is 0 Å². The van der Waals surface area contributed by atoms with E-state index in [2.05, 4.69) is 31.5 Å². The second-order valence-corrected chi connectivity index (χ2v) is 11.9. The van der Waals surface area contributed by atoms with E-state index in [0.29, 0.717) is 30.7 Å². The van der Waals surface area contributed by atoms with Crippen molar-refractivity contribution in [1.82, 2.24) is 24.6 Å². The average molecular weight is 540 g/mol. The molecule has 38 heavy (non-hydrogen) atoms. The van der Waals surface area contributed by atoms with E-state index >= 15 is 0 Å². The molecule has 1 aliphatic carbocycles. The number of nitrogens with zero attached hydrogens (tertiary/aromatic N) is 5. The molecule has 3 aliphatic heterocycles. The lowest BCUT2D eigenvalue weighted by Gasteiger charge is -2.39. The normalized spacial score (nSPS) is 25.4. The third-order valence-corrected chi connectivity index (χ3v) is 9.59. The molecule has 2 saturated heterocycles. The first-order chi connectivity index (χ1) is 18.8. The molecule has 0 bridgehead atoms. The third kappa shape index (κ3) is 5.14. The number of hydrogen-bond acceptors (Lipinski definition) is 10. The van der Waals surface area contributed by atoms with Crippen molar-refractivity contribution >= 4 is 39.0 Å². The Labute approximate surface area is 227 Å². The minimum atomic E-state index is 0.386. The van der Waals surface area contributed by atoms with Crippen LogP contribution < -0.4 is 10.6 Å². The molecule has 204 valence electrons. The topological polar surface area (TPSA) is 98.6 Å². The van der Waals surface area contributed by atoms with E-state index in [1.807, 2.05) is 6.20 Å². The fourth-order valence-electron chi connectivity index (χ4n) is 6.39. The van der Waals surface area contributed by atoms with E-state index in [0.717, 1.165) is 94.6 Å². The van der Waals surface area contributed by atoms with Crippen LogP contribution in [0.2, 0.25) is 0 Å². The molecule has 0 unspecified atom stereocenters. The van der Waals surface area contributed by atoms with Crippen LogP contribution in [0.15, 0.2) is 12.4 Å². The Morgan fingerprint density at radius 2 is 1.68 bits per heavy atom. The minimum Gasteiger partial charge on any atom is -0.381 e. The number of anilines is 3. The van der Waals surface area contributed by atoms with Gasteiger partial charge in [-0.2, -0.15) is 10.1 Å². The Morgan fingerprint density at radius 3 is 2.53 bits per heavy atom. The van der Waals surface area contributed by atoms with Crippen molar-refractivity contribution in [1.29, 1.82) is 0 Å². The average Bonchev–Trinajstić information content (AvgIpc) is 3.59. The van der Waals surface area contributed by atoms with Crippen LogP contribution in [0, 0.1) is 0 Å². The fourth-order valence-corrected chi connectivity index (χ4v) is 7.54. The molecule has 3 fully saturated rings. The Bertz CT molecular complexity index is 1240. The molecule has 0 radical (unpaired) electrons. The van der Waals surface area contributed by atoms with E-state index in [1.165, 1.54) is 28.7 Å². The molecule has 1 saturated carbocycles. The number of thiophene rings is 1. The molecular weight excluding hydrogens is 502 g/mol. The van der Waals surface area contributed by atoms with E-state index in [1.54, 1.807) is 11.3 Å². The molecule has 3 aromatic heterocycles. The maximum absolute atomic E-state index is 5.76. The Morgan fingerprint density at radius 1 is 0.868 bits per heavy atom. The quantitative estimate of drug-likeness (QED) is 0.479. The van der Waals surface area contributed by atoms with Gasteiger partial charge in [0.05, 0.1) is 49.7 Å². The van der Waals surface area contributed by atoms with Gasteiger partial charge in [0.15, 0.2) is 0 Å². The molecule has 0 aromatic carbocycles. The molecule has 7 rings (SSSR count). The molecule has 3 aromatic rings. The lowest BCUT2D eigenvalue weighted by atomic mass is 9.90. The highest BCUT2D eigenvalue weighted by molar-refractivity contribution is 7.19. The number of fused-ring (bicyclic) bond motifs is 3. The second kappa shape index (κ2) is 11.1. The monoisotopic (exact) mass is 539 g/mol. The van der Waals surface area contributed by atoms with Crippen molar-refractivity contribution < 1.29 is 14.2 Å². The molecule has 0 spiro atoms. The summed E-state index contributed by atoms with van der Waals surface area (Å²) in [6.45, 7) is 6.89. The highest BCUT2D eigenvalue weighted by Crippen LogP contribution is 2.39. The highest BCUT2D eigenvalue weighted by atomic mass is 32.1. The van der Waals surface area contributed by atoms with Gasteiger partial charge in [0, 0.05) is 49.5 Å². The summed E-state index contributed by atoms with van der Waals surface area (Å²) in [6.07, 6.45) is 11.6. The SMILES string of the molecule is c1nn(C2CCOCC2)cc1Nc1nc(NC2CCC(N3CCOCC3)CC2)c2c3c(sc2n1)COCC3. The largest absolute Gasteiger partial charge is 0.381 e. The van der Waals surface area contributed by atoms with Crippen LogP contribution in [0.1, 0.15) is 55.0 Å². The van der Waals surface area contributed by atoms with Crippen LogP contribution in [0.3, 0.4) is 0 Å². The Kier molecular flexibility index (Phi) is 7.19. The Balaban J connectivity index is 1.11. The highest BCUT2D eigenvalue weighted by Gasteiger charge is 2.29. The summed E-state index contributed by atoms with van der Waals surface area (Å²) in [4.78, 5) is 14.9. The van der Waals surface area contributed by atoms with Crippen LogP contribution in [-0.2, 0) is 27.2 Å². The van der Waals surface area contributed by atoms with Crippen molar-refractivity contribution in [3.63, 3.8) is 0 Å². The van der Waals surface area contributed by atoms with Crippen LogP contribution in [0.25, 0.3) is 10.2 Å². The van der Waals surface area contributed by atoms with Gasteiger partial charge in [0.1, 0.15) is 10.6 Å². The number of ether oxygens (including phenoxy) is 3. The molecule has 4 aliphatic rings. The predicted molar refractivity (Wildman–Crippen MR) is 147 cm³/mol. The summed E-state index contributed by atoms with van der Waals surface area (Å²) in [5.74, 6) is 1.58. The molecule has 0 atom stereocenters. The lowest BCUT2D eigenvalue weighted by molar-refractivity contribution is 0.00791. The number of aromatic nitrogens is 4. The predicted octanol–water partition coefficient (Wildman–Crippen LogP) is 4.11. The smallest absolute Gasteiger partial charge is 0.230 e. The van der Waals surface area contributed by atoms with Gasteiger partial charge in [0.25, 0.3) is 0 Å². The summed E-state index contributed by atoms with van der Waals surface area (Å²) in [5.41, 5.74) is 2.28. The van der Waals surface area contributed by atoms with E-state index in [9.17, 15) is 0 Å². The van der Waals surface area contributed by atoms with E-state index in [4.69, 9.17) is 24.2 Å². The molecular formula is C27H37N7O3S. The summed E-state index contributed by atoms with van der Waals surface area (Å²) in [6, 6.07) is 1.49. The van der Waals surface area contributed by atoms with Crippen LogP contribution in [-0.4, -0.2) is 82.9 Å². The molecule has 10 nitrogen and oxygen atoms in total. The first kappa shape index (κ1) is 24.7. The fraction of sp³-hybridized carbons (Fsp3) is 0.667. The summed E-state index contributed by atoms with van der Waals surface area (Å²) in [5, 5.41) is 13.1. The summed E-state index contributed by atoms with van der Waals surface area (Å²) in [7, 11) is 0. The van der Waals surface area contributed by atoms with Gasteiger partial charge < -0.3 is 24.8 Å². The van der Waals surface area contributed by atoms with Crippen molar-refractivity contribution in [3.8, 4) is 0 Å². The maximum atomic E-state index is 5.76. The van der Waals surface area contributed by atoms with Gasteiger partial charge in [0.2, 0.25) is 5.95 Å². The van der Waals surface area contributed by atoms with Crippen molar-refractivity contribution in [2.75, 3.05) is 56.8 Å². The number of rotatable bonds is 6. The molecule has 6 heterocycles. The Hall–Kier alpha value is -2.31. The van der Waals surface area contributed by atoms with Gasteiger partial charge in [-0.15, -0.1) is 11.3 Å². The molecule has 2 N–H and O–H groups in total. The number of nitrogens with one attached hydrogen (secondary N) is 2. The summed E-state index contributed by atoms with van der Waals surface area (Å²) >= 11 is 1.74. The van der Waals surface area contributed by atoms with Gasteiger partial charge >= 0.3 is 0 Å². The standard InChI is InChI=1S/C27H37N7O3S/c1-3-20(33-8-13-36-14-9-33)4-2-18(1)29-25-24-22-7-12-37-17-23(22)38-26(24)32-27(31-25)30-19-15-28-34(16-19)21-5-10-35-11-6-21/h15-16,18,20-21H,1-14,17H2,(H2,29,30,31,32). The zero-order valence-corrected chi connectivity index (χ0v) is 22.7. The van der Waals surface area contributed by atoms with Crippen LogP contribution >= 0.6 is 11.3 Å². The number of morpholine rings is 1. The second-order valence-electron chi connectivity index (χ2n) is 10.9. The number of hydrogen-bond donors (Lipinski definition) is 2. The van der Waals surface area contributed by atoms with Crippen LogP contribution in [0.5, 0.6) is 0 Å². The first-order valence-corrected chi connectivity index (χ1v) is 15.0. The van der Waals surface area contributed by atoms with Gasteiger partial charge in [-0.3, -0.25) is 9.58 Å². The van der Waals surface area contributed by atoms with Gasteiger partial charge in [-0.25, -0.2) is 4.98 Å². The first-order valence-electron chi connectivity index (χ1n) is 14.2.